The Morgan fingerprint density at radius 3 is 2.61 bits per heavy atom. The van der Waals surface area contributed by atoms with Gasteiger partial charge in [0.05, 0.1) is 5.60 Å². The number of hydrogen-bond donors (Lipinski definition) is 1. The van der Waals surface area contributed by atoms with Gasteiger partial charge in [-0.2, -0.15) is 0 Å². The number of carbonyl (C=O) groups excluding carboxylic acids is 1. The van der Waals surface area contributed by atoms with Crippen LogP contribution in [-0.2, 0) is 9.53 Å². The van der Waals surface area contributed by atoms with Crippen LogP contribution in [0.3, 0.4) is 0 Å². The maximum atomic E-state index is 13.0. The van der Waals surface area contributed by atoms with Crippen molar-refractivity contribution >= 4 is 5.78 Å². The van der Waals surface area contributed by atoms with Crippen LogP contribution >= 0.6 is 0 Å². The van der Waals surface area contributed by atoms with E-state index in [9.17, 15) is 9.90 Å². The maximum absolute atomic E-state index is 13.0. The minimum absolute atomic E-state index is 0.00287. The molecular formula is C20H30O3. The van der Waals surface area contributed by atoms with Gasteiger partial charge in [0.15, 0.2) is 5.78 Å². The molecule has 1 saturated heterocycles. The quantitative estimate of drug-likeness (QED) is 0.543. The molecule has 0 saturated carbocycles. The summed E-state index contributed by atoms with van der Waals surface area (Å²) in [5.74, 6) is 0.341. The second-order valence-electron chi connectivity index (χ2n) is 8.51. The van der Waals surface area contributed by atoms with Crippen LogP contribution in [-0.4, -0.2) is 28.2 Å². The van der Waals surface area contributed by atoms with E-state index in [2.05, 4.69) is 26.8 Å². The van der Waals surface area contributed by atoms with Gasteiger partial charge in [0.2, 0.25) is 0 Å². The first-order valence-corrected chi connectivity index (χ1v) is 8.92. The first-order valence-electron chi connectivity index (χ1n) is 8.92. The van der Waals surface area contributed by atoms with Crippen molar-refractivity contribution in [3.8, 4) is 0 Å². The minimum Gasteiger partial charge on any atom is -0.385 e. The van der Waals surface area contributed by atoms with Crippen molar-refractivity contribution in [2.24, 2.45) is 11.3 Å². The lowest BCUT2D eigenvalue weighted by molar-refractivity contribution is -0.125. The number of fused-ring (bicyclic) bond motifs is 3. The van der Waals surface area contributed by atoms with Gasteiger partial charge in [0.25, 0.3) is 0 Å². The van der Waals surface area contributed by atoms with E-state index in [1.807, 2.05) is 19.9 Å². The van der Waals surface area contributed by atoms with E-state index in [4.69, 9.17) is 4.74 Å². The molecule has 3 rings (SSSR count). The van der Waals surface area contributed by atoms with Gasteiger partial charge in [0, 0.05) is 11.0 Å². The zero-order chi connectivity index (χ0) is 17.0. The standard InChI is InChI=1S/C20H30O3/c1-13-7-6-11-19(4)17(23-19)16(21)15-9-8-14(2)18(3,12-10-13)20(15,5)22/h7,9,14,17,22H,6,8,10-12H2,1-5H3. The number of ether oxygens (including phenoxy) is 1. The predicted molar refractivity (Wildman–Crippen MR) is 91.1 cm³/mol. The van der Waals surface area contributed by atoms with Crippen molar-refractivity contribution in [1.29, 1.82) is 0 Å². The topological polar surface area (TPSA) is 49.8 Å². The number of aliphatic hydroxyl groups is 1. The largest absolute Gasteiger partial charge is 0.385 e. The van der Waals surface area contributed by atoms with E-state index < -0.39 is 5.60 Å². The van der Waals surface area contributed by atoms with E-state index in [-0.39, 0.29) is 22.9 Å². The fourth-order valence-electron chi connectivity index (χ4n) is 4.43. The van der Waals surface area contributed by atoms with Gasteiger partial charge in [-0.15, -0.1) is 0 Å². The summed E-state index contributed by atoms with van der Waals surface area (Å²) in [6, 6.07) is 0. The lowest BCUT2D eigenvalue weighted by Gasteiger charge is -2.51. The van der Waals surface area contributed by atoms with Crippen LogP contribution in [0.15, 0.2) is 23.3 Å². The summed E-state index contributed by atoms with van der Waals surface area (Å²) in [7, 11) is 0. The molecule has 0 aromatic heterocycles. The van der Waals surface area contributed by atoms with Crippen LogP contribution in [0.25, 0.3) is 0 Å². The highest BCUT2D eigenvalue weighted by atomic mass is 16.6. The molecule has 2 aliphatic carbocycles. The fraction of sp³-hybridized carbons (Fsp3) is 0.750. The summed E-state index contributed by atoms with van der Waals surface area (Å²) in [6.45, 7) is 10.4. The molecule has 1 aliphatic heterocycles. The average molecular weight is 318 g/mol. The van der Waals surface area contributed by atoms with Crippen LogP contribution in [0.1, 0.15) is 66.7 Å². The van der Waals surface area contributed by atoms with Crippen LogP contribution < -0.4 is 0 Å². The molecule has 3 aliphatic rings. The molecule has 0 radical (unpaired) electrons. The van der Waals surface area contributed by atoms with Crippen LogP contribution in [0.4, 0.5) is 0 Å². The van der Waals surface area contributed by atoms with Crippen LogP contribution in [0.5, 0.6) is 0 Å². The third kappa shape index (κ3) is 2.53. The number of rotatable bonds is 0. The smallest absolute Gasteiger partial charge is 0.193 e. The Hall–Kier alpha value is -0.930. The van der Waals surface area contributed by atoms with Gasteiger partial charge < -0.3 is 9.84 Å². The summed E-state index contributed by atoms with van der Waals surface area (Å²) >= 11 is 0. The van der Waals surface area contributed by atoms with Crippen molar-refractivity contribution in [1.82, 2.24) is 0 Å². The number of epoxide rings is 1. The molecule has 0 aromatic rings. The first-order chi connectivity index (χ1) is 10.6. The Bertz CT molecular complexity index is 586. The number of hydrogen-bond acceptors (Lipinski definition) is 3. The maximum Gasteiger partial charge on any atom is 0.193 e. The second kappa shape index (κ2) is 5.29. The second-order valence-corrected chi connectivity index (χ2v) is 8.51. The Balaban J connectivity index is 2.04. The molecule has 0 spiro atoms. The summed E-state index contributed by atoms with van der Waals surface area (Å²) < 4.78 is 5.78. The summed E-state index contributed by atoms with van der Waals surface area (Å²) in [4.78, 5) is 13.0. The molecule has 0 aromatic carbocycles. The van der Waals surface area contributed by atoms with Gasteiger partial charge in [-0.1, -0.05) is 31.6 Å². The van der Waals surface area contributed by atoms with Crippen LogP contribution in [0, 0.1) is 11.3 Å². The van der Waals surface area contributed by atoms with Crippen molar-refractivity contribution in [2.45, 2.75) is 84.0 Å². The summed E-state index contributed by atoms with van der Waals surface area (Å²) in [5.41, 5.74) is 0.191. The highest BCUT2D eigenvalue weighted by Gasteiger charge is 2.61. The monoisotopic (exact) mass is 318 g/mol. The SMILES string of the molecule is CC1=CCCC2(C)OC2C(=O)C2=CCC(C)C(C)(CC1)C2(C)O. The Kier molecular flexibility index (Phi) is 3.89. The Labute approximate surface area is 139 Å². The highest BCUT2D eigenvalue weighted by molar-refractivity contribution is 6.03. The summed E-state index contributed by atoms with van der Waals surface area (Å²) in [6.07, 6.45) is 8.39. The number of allylic oxidation sites excluding steroid dienone is 3. The summed E-state index contributed by atoms with van der Waals surface area (Å²) in [5, 5.41) is 11.4. The van der Waals surface area contributed by atoms with Gasteiger partial charge in [0.1, 0.15) is 11.7 Å². The van der Waals surface area contributed by atoms with Crippen LogP contribution in [0.2, 0.25) is 0 Å². The van der Waals surface area contributed by atoms with Gasteiger partial charge in [-0.3, -0.25) is 4.79 Å². The van der Waals surface area contributed by atoms with Gasteiger partial charge in [-0.05, 0) is 58.8 Å². The average Bonchev–Trinajstić information content (AvgIpc) is 3.14. The van der Waals surface area contributed by atoms with E-state index >= 15 is 0 Å². The van der Waals surface area contributed by atoms with Crippen molar-refractivity contribution in [3.05, 3.63) is 23.3 Å². The molecule has 3 nitrogen and oxygen atoms in total. The third-order valence-electron chi connectivity index (χ3n) is 6.96. The minimum atomic E-state index is -1.10. The van der Waals surface area contributed by atoms with Gasteiger partial charge >= 0.3 is 0 Å². The lowest BCUT2D eigenvalue weighted by atomic mass is 9.56. The molecule has 23 heavy (non-hydrogen) atoms. The van der Waals surface area contributed by atoms with Crippen molar-refractivity contribution < 1.29 is 14.6 Å². The molecule has 5 atom stereocenters. The van der Waals surface area contributed by atoms with Crippen molar-refractivity contribution in [2.75, 3.05) is 0 Å². The molecule has 1 heterocycles. The molecule has 128 valence electrons. The van der Waals surface area contributed by atoms with Crippen molar-refractivity contribution in [3.63, 3.8) is 0 Å². The Morgan fingerprint density at radius 2 is 1.91 bits per heavy atom. The van der Waals surface area contributed by atoms with E-state index in [1.165, 1.54) is 5.57 Å². The molecule has 1 N–H and O–H groups in total. The molecule has 0 amide bonds. The number of Topliss-reactive ketones (excluding diaryl/α,β-unsaturated/α-hetero) is 1. The predicted octanol–water partition coefficient (Wildman–Crippen LogP) is 3.96. The molecule has 1 fully saturated rings. The number of carbonyl (C=O) groups is 1. The fourth-order valence-corrected chi connectivity index (χ4v) is 4.43. The van der Waals surface area contributed by atoms with Gasteiger partial charge in [-0.25, -0.2) is 0 Å². The normalized spacial score (nSPS) is 47.7. The number of ketones is 1. The Morgan fingerprint density at radius 1 is 1.22 bits per heavy atom. The molecule has 3 heteroatoms. The van der Waals surface area contributed by atoms with E-state index in [0.29, 0.717) is 11.5 Å². The first kappa shape index (κ1) is 16.9. The zero-order valence-electron chi connectivity index (χ0n) is 15.1. The molecule has 2 bridgehead atoms. The van der Waals surface area contributed by atoms with E-state index in [0.717, 1.165) is 32.1 Å². The molecular weight excluding hydrogens is 288 g/mol. The molecule has 5 unspecified atom stereocenters. The lowest BCUT2D eigenvalue weighted by Crippen LogP contribution is -2.54. The van der Waals surface area contributed by atoms with E-state index in [1.54, 1.807) is 0 Å². The third-order valence-corrected chi connectivity index (χ3v) is 6.96. The zero-order valence-corrected chi connectivity index (χ0v) is 15.1. The highest BCUT2D eigenvalue weighted by Crippen LogP contribution is 2.54.